The number of benzene rings is 1. The van der Waals surface area contributed by atoms with Gasteiger partial charge in [-0.15, -0.1) is 0 Å². The Morgan fingerprint density at radius 1 is 1.04 bits per heavy atom. The van der Waals surface area contributed by atoms with Gasteiger partial charge in [0.05, 0.1) is 11.3 Å². The first-order valence-electron chi connectivity index (χ1n) is 7.85. The Labute approximate surface area is 147 Å². The predicted octanol–water partition coefficient (Wildman–Crippen LogP) is 2.16. The number of amides is 2. The summed E-state index contributed by atoms with van der Waals surface area (Å²) in [5, 5.41) is 2.54. The van der Waals surface area contributed by atoms with Crippen LogP contribution in [-0.4, -0.2) is 53.3 Å². The minimum atomic E-state index is -1.57. The maximum atomic E-state index is 13.7. The van der Waals surface area contributed by atoms with Gasteiger partial charge in [-0.1, -0.05) is 0 Å². The molecule has 1 aromatic heterocycles. The van der Waals surface area contributed by atoms with Gasteiger partial charge < -0.3 is 15.1 Å². The molecule has 1 saturated heterocycles. The van der Waals surface area contributed by atoms with E-state index < -0.39 is 17.5 Å². The van der Waals surface area contributed by atoms with Gasteiger partial charge in [-0.05, 0) is 24.3 Å². The zero-order chi connectivity index (χ0) is 18.7. The summed E-state index contributed by atoms with van der Waals surface area (Å²) in [5.41, 5.74) is 0.0707. The summed E-state index contributed by atoms with van der Waals surface area (Å²) < 4.78 is 39.8. The SMILES string of the molecule is O=CN1CCN(C(=O)c2ccc(Nc3ccc(F)c(F)c3F)nc2)CC1. The van der Waals surface area contributed by atoms with E-state index in [4.69, 9.17) is 0 Å². The summed E-state index contributed by atoms with van der Waals surface area (Å²) in [4.78, 5) is 30.3. The maximum absolute atomic E-state index is 13.7. The van der Waals surface area contributed by atoms with Gasteiger partial charge in [-0.25, -0.2) is 18.2 Å². The third kappa shape index (κ3) is 3.61. The van der Waals surface area contributed by atoms with E-state index in [2.05, 4.69) is 10.3 Å². The van der Waals surface area contributed by atoms with Crippen molar-refractivity contribution in [2.24, 2.45) is 0 Å². The molecule has 0 bridgehead atoms. The lowest BCUT2D eigenvalue weighted by Gasteiger charge is -2.32. The number of carbonyl (C=O) groups is 2. The van der Waals surface area contributed by atoms with Crippen LogP contribution in [0.1, 0.15) is 10.4 Å². The monoisotopic (exact) mass is 364 g/mol. The van der Waals surface area contributed by atoms with Gasteiger partial charge >= 0.3 is 0 Å². The van der Waals surface area contributed by atoms with Crippen LogP contribution in [0.3, 0.4) is 0 Å². The van der Waals surface area contributed by atoms with Crippen LogP contribution < -0.4 is 5.32 Å². The Kier molecular flexibility index (Phi) is 5.06. The number of hydrogen-bond donors (Lipinski definition) is 1. The topological polar surface area (TPSA) is 65.5 Å². The van der Waals surface area contributed by atoms with E-state index in [0.29, 0.717) is 31.7 Å². The first kappa shape index (κ1) is 17.7. The van der Waals surface area contributed by atoms with Crippen molar-refractivity contribution in [2.45, 2.75) is 0 Å². The second-order valence-corrected chi connectivity index (χ2v) is 5.71. The third-order valence-corrected chi connectivity index (χ3v) is 4.06. The van der Waals surface area contributed by atoms with E-state index in [0.717, 1.165) is 18.5 Å². The molecule has 0 radical (unpaired) electrons. The fourth-order valence-corrected chi connectivity index (χ4v) is 2.57. The molecule has 26 heavy (non-hydrogen) atoms. The molecule has 0 atom stereocenters. The Morgan fingerprint density at radius 3 is 2.38 bits per heavy atom. The number of nitrogens with one attached hydrogen (secondary N) is 1. The average Bonchev–Trinajstić information content (AvgIpc) is 2.68. The molecule has 2 amide bonds. The number of rotatable bonds is 4. The van der Waals surface area contributed by atoms with Crippen LogP contribution in [0, 0.1) is 17.5 Å². The lowest BCUT2D eigenvalue weighted by Crippen LogP contribution is -2.48. The van der Waals surface area contributed by atoms with Crippen LogP contribution in [0.25, 0.3) is 0 Å². The maximum Gasteiger partial charge on any atom is 0.255 e. The van der Waals surface area contributed by atoms with Crippen LogP contribution in [0.2, 0.25) is 0 Å². The summed E-state index contributed by atoms with van der Waals surface area (Å²) in [6, 6.07) is 4.80. The Bertz CT molecular complexity index is 822. The van der Waals surface area contributed by atoms with Crippen LogP contribution in [0.15, 0.2) is 30.5 Å². The first-order chi connectivity index (χ1) is 12.5. The standard InChI is InChI=1S/C17H15F3N4O2/c18-12-2-3-13(16(20)15(12)19)22-14-4-1-11(9-21-14)17(26)24-7-5-23(10-25)6-8-24/h1-4,9-10H,5-8H2,(H,21,22). The van der Waals surface area contributed by atoms with Gasteiger partial charge in [0.25, 0.3) is 5.91 Å². The summed E-state index contributed by atoms with van der Waals surface area (Å²) >= 11 is 0. The number of carbonyl (C=O) groups excluding carboxylic acids is 2. The van der Waals surface area contributed by atoms with Crippen LogP contribution in [-0.2, 0) is 4.79 Å². The van der Waals surface area contributed by atoms with Gasteiger partial charge in [-0.3, -0.25) is 9.59 Å². The average molecular weight is 364 g/mol. The summed E-state index contributed by atoms with van der Waals surface area (Å²) in [5.74, 6) is -4.25. The third-order valence-electron chi connectivity index (χ3n) is 4.06. The van der Waals surface area contributed by atoms with Gasteiger partial charge in [0.15, 0.2) is 17.5 Å². The molecule has 1 aromatic carbocycles. The second kappa shape index (κ2) is 7.42. The van der Waals surface area contributed by atoms with Crippen LogP contribution in [0.5, 0.6) is 0 Å². The molecule has 1 N–H and O–H groups in total. The van der Waals surface area contributed by atoms with Gasteiger partial charge in [0.2, 0.25) is 6.41 Å². The van der Waals surface area contributed by atoms with E-state index in [1.807, 2.05) is 0 Å². The van der Waals surface area contributed by atoms with E-state index in [1.165, 1.54) is 18.3 Å². The molecular formula is C17H15F3N4O2. The second-order valence-electron chi connectivity index (χ2n) is 5.71. The van der Waals surface area contributed by atoms with Crippen molar-refractivity contribution in [2.75, 3.05) is 31.5 Å². The van der Waals surface area contributed by atoms with Gasteiger partial charge in [0.1, 0.15) is 5.82 Å². The van der Waals surface area contributed by atoms with E-state index in [-0.39, 0.29) is 17.4 Å². The highest BCUT2D eigenvalue weighted by atomic mass is 19.2. The van der Waals surface area contributed by atoms with E-state index in [9.17, 15) is 22.8 Å². The van der Waals surface area contributed by atoms with Crippen molar-refractivity contribution in [3.05, 3.63) is 53.5 Å². The van der Waals surface area contributed by atoms with E-state index >= 15 is 0 Å². The summed E-state index contributed by atoms with van der Waals surface area (Å²) in [6.45, 7) is 1.80. The number of nitrogens with zero attached hydrogens (tertiary/aromatic N) is 3. The van der Waals surface area contributed by atoms with Crippen molar-refractivity contribution in [1.29, 1.82) is 0 Å². The fraction of sp³-hybridized carbons (Fsp3) is 0.235. The van der Waals surface area contributed by atoms with Crippen molar-refractivity contribution in [3.63, 3.8) is 0 Å². The largest absolute Gasteiger partial charge is 0.342 e. The molecule has 1 fully saturated rings. The fourth-order valence-electron chi connectivity index (χ4n) is 2.57. The number of hydrogen-bond acceptors (Lipinski definition) is 4. The number of halogens is 3. The molecular weight excluding hydrogens is 349 g/mol. The van der Waals surface area contributed by atoms with Crippen molar-refractivity contribution in [1.82, 2.24) is 14.8 Å². The molecule has 0 unspecified atom stereocenters. The minimum absolute atomic E-state index is 0.178. The normalized spacial score (nSPS) is 14.3. The highest BCUT2D eigenvalue weighted by Gasteiger charge is 2.21. The lowest BCUT2D eigenvalue weighted by molar-refractivity contribution is -0.119. The van der Waals surface area contributed by atoms with Crippen LogP contribution >= 0.6 is 0 Å². The molecule has 2 heterocycles. The summed E-state index contributed by atoms with van der Waals surface area (Å²) in [7, 11) is 0. The smallest absolute Gasteiger partial charge is 0.255 e. The molecule has 9 heteroatoms. The first-order valence-corrected chi connectivity index (χ1v) is 7.85. The minimum Gasteiger partial charge on any atom is -0.342 e. The lowest BCUT2D eigenvalue weighted by atomic mass is 10.2. The Morgan fingerprint density at radius 2 is 1.77 bits per heavy atom. The Balaban J connectivity index is 1.68. The molecule has 2 aromatic rings. The van der Waals surface area contributed by atoms with Crippen molar-refractivity contribution < 1.29 is 22.8 Å². The van der Waals surface area contributed by atoms with Gasteiger partial charge in [0, 0.05) is 32.4 Å². The summed E-state index contributed by atoms with van der Waals surface area (Å²) in [6.07, 6.45) is 2.07. The predicted molar refractivity (Wildman–Crippen MR) is 87.4 cm³/mol. The quantitative estimate of drug-likeness (QED) is 0.667. The van der Waals surface area contributed by atoms with Crippen LogP contribution in [0.4, 0.5) is 24.7 Å². The highest BCUT2D eigenvalue weighted by molar-refractivity contribution is 5.94. The molecule has 0 saturated carbocycles. The molecule has 136 valence electrons. The number of anilines is 2. The molecule has 1 aliphatic heterocycles. The molecule has 6 nitrogen and oxygen atoms in total. The Hall–Kier alpha value is -3.10. The van der Waals surface area contributed by atoms with Crippen molar-refractivity contribution >= 4 is 23.8 Å². The number of pyridine rings is 1. The molecule has 0 spiro atoms. The van der Waals surface area contributed by atoms with Crippen molar-refractivity contribution in [3.8, 4) is 0 Å². The molecule has 0 aliphatic carbocycles. The molecule has 3 rings (SSSR count). The zero-order valence-electron chi connectivity index (χ0n) is 13.6. The van der Waals surface area contributed by atoms with Gasteiger partial charge in [-0.2, -0.15) is 0 Å². The highest BCUT2D eigenvalue weighted by Crippen LogP contribution is 2.22. The van der Waals surface area contributed by atoms with E-state index in [1.54, 1.807) is 9.80 Å². The molecule has 1 aliphatic rings. The number of aromatic nitrogens is 1. The number of piperazine rings is 1. The zero-order valence-corrected chi connectivity index (χ0v) is 13.6.